The first-order valence-corrected chi connectivity index (χ1v) is 7.91. The van der Waals surface area contributed by atoms with Crippen molar-refractivity contribution in [3.8, 4) is 0 Å². The highest BCUT2D eigenvalue weighted by Gasteiger charge is 2.26. The molecule has 4 unspecified atom stereocenters. The lowest BCUT2D eigenvalue weighted by Crippen LogP contribution is -2.52. The number of carbonyl (C=O) groups is 2. The van der Waals surface area contributed by atoms with Gasteiger partial charge in [-0.1, -0.05) is 19.8 Å². The van der Waals surface area contributed by atoms with Gasteiger partial charge in [-0.2, -0.15) is 0 Å². The molecule has 0 aromatic heterocycles. The molecule has 6 heteroatoms. The number of imide groups is 1. The Kier molecular flexibility index (Phi) is 6.14. The number of piperidine rings is 1. The van der Waals surface area contributed by atoms with E-state index < -0.39 is 12.1 Å². The molecule has 1 saturated heterocycles. The van der Waals surface area contributed by atoms with Gasteiger partial charge in [-0.15, -0.1) is 0 Å². The number of aliphatic hydroxyl groups excluding tert-OH is 1. The maximum atomic E-state index is 11.6. The van der Waals surface area contributed by atoms with Crippen molar-refractivity contribution in [3.05, 3.63) is 0 Å². The Hall–Kier alpha value is -0.980. The van der Waals surface area contributed by atoms with Crippen LogP contribution >= 0.6 is 0 Å². The molecule has 4 atom stereocenters. The maximum absolute atomic E-state index is 11.6. The van der Waals surface area contributed by atoms with Gasteiger partial charge < -0.3 is 15.2 Å². The van der Waals surface area contributed by atoms with Crippen LogP contribution in [0, 0.1) is 5.92 Å². The lowest BCUT2D eigenvalue weighted by molar-refractivity contribution is -0.134. The zero-order valence-electron chi connectivity index (χ0n) is 12.6. The lowest BCUT2D eigenvalue weighted by atomic mass is 9.89. The summed E-state index contributed by atoms with van der Waals surface area (Å²) in [5, 5.41) is 15.2. The SMILES string of the molecule is CC1CCCC(OCC(O)CNC2CCC(=O)NC2=O)C1. The van der Waals surface area contributed by atoms with Crippen molar-refractivity contribution < 1.29 is 19.4 Å². The number of carbonyl (C=O) groups excluding carboxylic acids is 2. The highest BCUT2D eigenvalue weighted by Crippen LogP contribution is 2.25. The van der Waals surface area contributed by atoms with Crippen LogP contribution in [0.4, 0.5) is 0 Å². The molecule has 2 rings (SSSR count). The second kappa shape index (κ2) is 7.87. The Labute approximate surface area is 125 Å². The van der Waals surface area contributed by atoms with Gasteiger partial charge in [-0.3, -0.25) is 14.9 Å². The molecule has 1 heterocycles. The topological polar surface area (TPSA) is 87.7 Å². The van der Waals surface area contributed by atoms with Crippen molar-refractivity contribution in [2.24, 2.45) is 5.92 Å². The van der Waals surface area contributed by atoms with E-state index in [4.69, 9.17) is 4.74 Å². The largest absolute Gasteiger partial charge is 0.389 e. The number of hydrogen-bond acceptors (Lipinski definition) is 5. The number of ether oxygens (including phenoxy) is 1. The number of aliphatic hydroxyl groups is 1. The van der Waals surface area contributed by atoms with Gasteiger partial charge >= 0.3 is 0 Å². The zero-order valence-corrected chi connectivity index (χ0v) is 12.6. The third kappa shape index (κ3) is 5.37. The molecule has 1 aliphatic carbocycles. The molecule has 1 aliphatic heterocycles. The van der Waals surface area contributed by atoms with Crippen molar-refractivity contribution in [1.29, 1.82) is 0 Å². The summed E-state index contributed by atoms with van der Waals surface area (Å²) in [7, 11) is 0. The van der Waals surface area contributed by atoms with Crippen LogP contribution in [0.1, 0.15) is 45.4 Å². The number of hydrogen-bond donors (Lipinski definition) is 3. The summed E-state index contributed by atoms with van der Waals surface area (Å²) in [6.45, 7) is 2.82. The van der Waals surface area contributed by atoms with Gasteiger partial charge in [-0.25, -0.2) is 0 Å². The molecule has 120 valence electrons. The van der Waals surface area contributed by atoms with E-state index in [1.54, 1.807) is 0 Å². The highest BCUT2D eigenvalue weighted by atomic mass is 16.5. The van der Waals surface area contributed by atoms with Gasteiger partial charge in [0.05, 0.1) is 24.9 Å². The number of amides is 2. The Morgan fingerprint density at radius 1 is 1.38 bits per heavy atom. The van der Waals surface area contributed by atoms with E-state index in [0.29, 0.717) is 25.3 Å². The van der Waals surface area contributed by atoms with Crippen molar-refractivity contribution >= 4 is 11.8 Å². The average Bonchev–Trinajstić information content (AvgIpc) is 2.44. The van der Waals surface area contributed by atoms with E-state index in [-0.39, 0.29) is 24.5 Å². The van der Waals surface area contributed by atoms with E-state index in [0.717, 1.165) is 12.8 Å². The number of rotatable bonds is 6. The second-order valence-electron chi connectivity index (χ2n) is 6.29. The van der Waals surface area contributed by atoms with Gasteiger partial charge in [0.2, 0.25) is 11.8 Å². The van der Waals surface area contributed by atoms with Crippen LogP contribution in [-0.2, 0) is 14.3 Å². The Morgan fingerprint density at radius 3 is 2.90 bits per heavy atom. The fourth-order valence-electron chi connectivity index (χ4n) is 3.00. The van der Waals surface area contributed by atoms with Crippen molar-refractivity contribution in [2.75, 3.05) is 13.2 Å². The summed E-state index contributed by atoms with van der Waals surface area (Å²) >= 11 is 0. The molecule has 0 spiro atoms. The predicted molar refractivity (Wildman–Crippen MR) is 77.6 cm³/mol. The van der Waals surface area contributed by atoms with E-state index >= 15 is 0 Å². The highest BCUT2D eigenvalue weighted by molar-refractivity contribution is 6.00. The van der Waals surface area contributed by atoms with Gasteiger partial charge in [0.15, 0.2) is 0 Å². The maximum Gasteiger partial charge on any atom is 0.243 e. The molecule has 21 heavy (non-hydrogen) atoms. The first kappa shape index (κ1) is 16.4. The van der Waals surface area contributed by atoms with Gasteiger partial charge in [0, 0.05) is 13.0 Å². The normalized spacial score (nSPS) is 31.8. The Balaban J connectivity index is 1.62. The van der Waals surface area contributed by atoms with Crippen LogP contribution < -0.4 is 10.6 Å². The quantitative estimate of drug-likeness (QED) is 0.615. The smallest absolute Gasteiger partial charge is 0.243 e. The van der Waals surface area contributed by atoms with E-state index in [1.165, 1.54) is 12.8 Å². The van der Waals surface area contributed by atoms with Crippen LogP contribution in [0.2, 0.25) is 0 Å². The minimum atomic E-state index is -0.632. The van der Waals surface area contributed by atoms with Crippen LogP contribution in [0.3, 0.4) is 0 Å². The van der Waals surface area contributed by atoms with Crippen molar-refractivity contribution in [3.63, 3.8) is 0 Å². The summed E-state index contributed by atoms with van der Waals surface area (Å²) < 4.78 is 5.75. The molecule has 3 N–H and O–H groups in total. The zero-order chi connectivity index (χ0) is 15.2. The summed E-state index contributed by atoms with van der Waals surface area (Å²) in [5.74, 6) is 0.163. The summed E-state index contributed by atoms with van der Waals surface area (Å²) in [6.07, 6.45) is 5.03. The summed E-state index contributed by atoms with van der Waals surface area (Å²) in [6, 6.07) is -0.396. The van der Waals surface area contributed by atoms with Crippen LogP contribution in [-0.4, -0.2) is 48.3 Å². The molecule has 0 radical (unpaired) electrons. The van der Waals surface area contributed by atoms with E-state index in [9.17, 15) is 14.7 Å². The van der Waals surface area contributed by atoms with Gasteiger partial charge in [0.25, 0.3) is 0 Å². The number of nitrogens with one attached hydrogen (secondary N) is 2. The van der Waals surface area contributed by atoms with Gasteiger partial charge in [0.1, 0.15) is 0 Å². The molecule has 0 aromatic carbocycles. The molecule has 1 saturated carbocycles. The summed E-state index contributed by atoms with van der Waals surface area (Å²) in [4.78, 5) is 22.6. The molecule has 2 amide bonds. The molecule has 0 aromatic rings. The minimum Gasteiger partial charge on any atom is -0.389 e. The van der Waals surface area contributed by atoms with Crippen molar-refractivity contribution in [1.82, 2.24) is 10.6 Å². The van der Waals surface area contributed by atoms with Gasteiger partial charge in [-0.05, 0) is 25.2 Å². The molecular weight excluding hydrogens is 272 g/mol. The Morgan fingerprint density at radius 2 is 2.19 bits per heavy atom. The lowest BCUT2D eigenvalue weighted by Gasteiger charge is -2.28. The molecular formula is C15H26N2O4. The van der Waals surface area contributed by atoms with E-state index in [2.05, 4.69) is 17.6 Å². The monoisotopic (exact) mass is 298 g/mol. The first-order chi connectivity index (χ1) is 10.0. The molecule has 2 fully saturated rings. The van der Waals surface area contributed by atoms with Crippen LogP contribution in [0.25, 0.3) is 0 Å². The predicted octanol–water partition coefficient (Wildman–Crippen LogP) is 0.337. The second-order valence-corrected chi connectivity index (χ2v) is 6.29. The molecule has 0 bridgehead atoms. The third-order valence-corrected chi connectivity index (χ3v) is 4.25. The standard InChI is InChI=1S/C15H26N2O4/c1-10-3-2-4-12(7-10)21-9-11(18)8-16-13-5-6-14(19)17-15(13)20/h10-13,16,18H,2-9H2,1H3,(H,17,19,20). The third-order valence-electron chi connectivity index (χ3n) is 4.25. The minimum absolute atomic E-state index is 0.228. The molecule has 2 aliphatic rings. The molecule has 6 nitrogen and oxygen atoms in total. The van der Waals surface area contributed by atoms with Crippen LogP contribution in [0.15, 0.2) is 0 Å². The average molecular weight is 298 g/mol. The fourth-order valence-corrected chi connectivity index (χ4v) is 3.00. The summed E-state index contributed by atoms with van der Waals surface area (Å²) in [5.41, 5.74) is 0. The van der Waals surface area contributed by atoms with E-state index in [1.807, 2.05) is 0 Å². The van der Waals surface area contributed by atoms with Crippen molar-refractivity contribution in [2.45, 2.75) is 63.7 Å². The fraction of sp³-hybridized carbons (Fsp3) is 0.867. The Bertz CT molecular complexity index is 375. The van der Waals surface area contributed by atoms with Crippen LogP contribution in [0.5, 0.6) is 0 Å². The first-order valence-electron chi connectivity index (χ1n) is 7.91.